The quantitative estimate of drug-likeness (QED) is 0.821. The van der Waals surface area contributed by atoms with Gasteiger partial charge in [0, 0.05) is 39.0 Å². The van der Waals surface area contributed by atoms with Gasteiger partial charge < -0.3 is 15.0 Å². The third-order valence-electron chi connectivity index (χ3n) is 6.21. The number of benzene rings is 1. The Bertz CT molecular complexity index is 772. The Labute approximate surface area is 173 Å². The van der Waals surface area contributed by atoms with Gasteiger partial charge >= 0.3 is 0 Å². The van der Waals surface area contributed by atoms with Crippen LogP contribution >= 0.6 is 0 Å². The number of rotatable bonds is 5. The maximum atomic E-state index is 13.0. The molecule has 154 valence electrons. The van der Waals surface area contributed by atoms with Gasteiger partial charge in [0.25, 0.3) is 5.91 Å². The van der Waals surface area contributed by atoms with Crippen LogP contribution in [0, 0.1) is 5.92 Å². The SMILES string of the molecule is O=C(c1ccc(NCC2CCOCC2)nc1)N1CCC[C@@H](c2ccccc2)CC1. The molecule has 1 aromatic carbocycles. The van der Waals surface area contributed by atoms with E-state index in [2.05, 4.69) is 40.6 Å². The maximum absolute atomic E-state index is 13.0. The molecule has 5 heteroatoms. The molecule has 29 heavy (non-hydrogen) atoms. The topological polar surface area (TPSA) is 54.5 Å². The summed E-state index contributed by atoms with van der Waals surface area (Å²) in [6.45, 7) is 4.26. The van der Waals surface area contributed by atoms with Crippen molar-refractivity contribution in [1.29, 1.82) is 0 Å². The van der Waals surface area contributed by atoms with E-state index >= 15 is 0 Å². The van der Waals surface area contributed by atoms with Gasteiger partial charge in [-0.15, -0.1) is 0 Å². The zero-order valence-corrected chi connectivity index (χ0v) is 17.1. The summed E-state index contributed by atoms with van der Waals surface area (Å²) < 4.78 is 5.41. The summed E-state index contributed by atoms with van der Waals surface area (Å²) in [6.07, 6.45) is 7.12. The van der Waals surface area contributed by atoms with E-state index in [0.29, 0.717) is 17.4 Å². The van der Waals surface area contributed by atoms with E-state index in [9.17, 15) is 4.79 Å². The van der Waals surface area contributed by atoms with Gasteiger partial charge in [0.1, 0.15) is 5.82 Å². The first-order valence-corrected chi connectivity index (χ1v) is 10.9. The van der Waals surface area contributed by atoms with Crippen molar-refractivity contribution >= 4 is 11.7 Å². The number of amides is 1. The average molecular weight is 394 g/mol. The molecule has 0 saturated carbocycles. The molecule has 0 aliphatic carbocycles. The molecule has 2 saturated heterocycles. The molecule has 5 nitrogen and oxygen atoms in total. The first-order chi connectivity index (χ1) is 14.3. The Balaban J connectivity index is 1.30. The number of carbonyl (C=O) groups is 1. The average Bonchev–Trinajstić information content (AvgIpc) is 3.05. The largest absolute Gasteiger partial charge is 0.381 e. The van der Waals surface area contributed by atoms with Gasteiger partial charge in [0.15, 0.2) is 0 Å². The molecule has 1 aromatic heterocycles. The van der Waals surface area contributed by atoms with Gasteiger partial charge in [0.05, 0.1) is 5.56 Å². The summed E-state index contributed by atoms with van der Waals surface area (Å²) >= 11 is 0. The van der Waals surface area contributed by atoms with E-state index in [4.69, 9.17) is 4.74 Å². The number of ether oxygens (including phenoxy) is 1. The molecule has 3 heterocycles. The monoisotopic (exact) mass is 393 g/mol. The second-order valence-corrected chi connectivity index (χ2v) is 8.20. The molecule has 0 unspecified atom stereocenters. The van der Waals surface area contributed by atoms with Crippen molar-refractivity contribution < 1.29 is 9.53 Å². The number of carbonyl (C=O) groups excluding carboxylic acids is 1. The van der Waals surface area contributed by atoms with Crippen molar-refractivity contribution in [2.24, 2.45) is 5.92 Å². The minimum Gasteiger partial charge on any atom is -0.381 e. The number of nitrogens with zero attached hydrogens (tertiary/aromatic N) is 2. The third-order valence-corrected chi connectivity index (χ3v) is 6.21. The zero-order valence-electron chi connectivity index (χ0n) is 17.1. The van der Waals surface area contributed by atoms with E-state index < -0.39 is 0 Å². The molecule has 2 aromatic rings. The number of pyridine rings is 1. The Kier molecular flexibility index (Phi) is 6.78. The second kappa shape index (κ2) is 9.88. The summed E-state index contributed by atoms with van der Waals surface area (Å²) in [5, 5.41) is 3.40. The molecular formula is C24H31N3O2. The first kappa shape index (κ1) is 19.9. The van der Waals surface area contributed by atoms with Crippen molar-refractivity contribution in [1.82, 2.24) is 9.88 Å². The van der Waals surface area contributed by atoms with Crippen molar-refractivity contribution in [2.45, 2.75) is 38.0 Å². The third kappa shape index (κ3) is 5.36. The Morgan fingerprint density at radius 1 is 1.03 bits per heavy atom. The highest BCUT2D eigenvalue weighted by Crippen LogP contribution is 2.28. The van der Waals surface area contributed by atoms with E-state index in [-0.39, 0.29) is 5.91 Å². The fourth-order valence-corrected chi connectivity index (χ4v) is 4.36. The molecule has 1 atom stereocenters. The number of aromatic nitrogens is 1. The lowest BCUT2D eigenvalue weighted by molar-refractivity contribution is 0.0699. The maximum Gasteiger partial charge on any atom is 0.255 e. The highest BCUT2D eigenvalue weighted by atomic mass is 16.5. The van der Waals surface area contributed by atoms with Crippen LogP contribution in [0.1, 0.15) is 53.9 Å². The molecular weight excluding hydrogens is 362 g/mol. The van der Waals surface area contributed by atoms with Crippen LogP contribution in [-0.4, -0.2) is 48.6 Å². The zero-order chi connectivity index (χ0) is 19.9. The smallest absolute Gasteiger partial charge is 0.255 e. The summed E-state index contributed by atoms with van der Waals surface area (Å²) in [7, 11) is 0. The van der Waals surface area contributed by atoms with E-state index in [1.54, 1.807) is 6.20 Å². The summed E-state index contributed by atoms with van der Waals surface area (Å²) in [5.41, 5.74) is 2.07. The molecule has 1 N–H and O–H groups in total. The molecule has 2 aliphatic heterocycles. The Hall–Kier alpha value is -2.40. The van der Waals surface area contributed by atoms with E-state index in [1.165, 1.54) is 5.56 Å². The highest BCUT2D eigenvalue weighted by Gasteiger charge is 2.22. The fourth-order valence-electron chi connectivity index (χ4n) is 4.36. The number of likely N-dealkylation sites (tertiary alicyclic amines) is 1. The van der Waals surface area contributed by atoms with Crippen LogP contribution in [0.5, 0.6) is 0 Å². The van der Waals surface area contributed by atoms with E-state index in [0.717, 1.165) is 70.8 Å². The number of hydrogen-bond donors (Lipinski definition) is 1. The molecule has 4 rings (SSSR count). The van der Waals surface area contributed by atoms with Crippen LogP contribution < -0.4 is 5.32 Å². The van der Waals surface area contributed by atoms with Gasteiger partial charge in [-0.1, -0.05) is 30.3 Å². The summed E-state index contributed by atoms with van der Waals surface area (Å²) in [6, 6.07) is 14.5. The molecule has 1 amide bonds. The van der Waals surface area contributed by atoms with Crippen molar-refractivity contribution in [3.63, 3.8) is 0 Å². The minimum absolute atomic E-state index is 0.0993. The second-order valence-electron chi connectivity index (χ2n) is 8.20. The lowest BCUT2D eigenvalue weighted by Gasteiger charge is -2.22. The fraction of sp³-hybridized carbons (Fsp3) is 0.500. The predicted octanol–water partition coefficient (Wildman–Crippen LogP) is 4.33. The normalized spacial score (nSPS) is 20.8. The van der Waals surface area contributed by atoms with Crippen molar-refractivity contribution in [2.75, 3.05) is 38.2 Å². The first-order valence-electron chi connectivity index (χ1n) is 10.9. The lowest BCUT2D eigenvalue weighted by Crippen LogP contribution is -2.32. The van der Waals surface area contributed by atoms with Crippen molar-refractivity contribution in [3.8, 4) is 0 Å². The Morgan fingerprint density at radius 3 is 2.62 bits per heavy atom. The van der Waals surface area contributed by atoms with Crippen LogP contribution in [0.25, 0.3) is 0 Å². The van der Waals surface area contributed by atoms with Crippen LogP contribution in [-0.2, 0) is 4.74 Å². The summed E-state index contributed by atoms with van der Waals surface area (Å²) in [5.74, 6) is 2.13. The van der Waals surface area contributed by atoms with Crippen LogP contribution in [0.3, 0.4) is 0 Å². The van der Waals surface area contributed by atoms with Gasteiger partial charge in [-0.3, -0.25) is 4.79 Å². The molecule has 2 aliphatic rings. The summed E-state index contributed by atoms with van der Waals surface area (Å²) in [4.78, 5) is 19.4. The van der Waals surface area contributed by atoms with Gasteiger partial charge in [0.2, 0.25) is 0 Å². The standard InChI is InChI=1S/C24H31N3O2/c28-24(27-13-4-7-21(10-14-27)20-5-2-1-3-6-20)22-8-9-23(26-18-22)25-17-19-11-15-29-16-12-19/h1-3,5-6,8-9,18-19,21H,4,7,10-17H2,(H,25,26)/t21-/m1/s1. The van der Waals surface area contributed by atoms with Crippen LogP contribution in [0.15, 0.2) is 48.7 Å². The minimum atomic E-state index is 0.0993. The van der Waals surface area contributed by atoms with E-state index in [1.807, 2.05) is 17.0 Å². The Morgan fingerprint density at radius 2 is 1.86 bits per heavy atom. The van der Waals surface area contributed by atoms with Crippen LogP contribution in [0.2, 0.25) is 0 Å². The van der Waals surface area contributed by atoms with Crippen LogP contribution in [0.4, 0.5) is 5.82 Å². The molecule has 0 radical (unpaired) electrons. The van der Waals surface area contributed by atoms with Gasteiger partial charge in [-0.05, 0) is 61.6 Å². The number of anilines is 1. The molecule has 0 spiro atoms. The molecule has 2 fully saturated rings. The highest BCUT2D eigenvalue weighted by molar-refractivity contribution is 5.94. The molecule has 0 bridgehead atoms. The van der Waals surface area contributed by atoms with Gasteiger partial charge in [-0.25, -0.2) is 4.98 Å². The predicted molar refractivity (Wildman–Crippen MR) is 115 cm³/mol. The number of nitrogens with one attached hydrogen (secondary N) is 1. The number of hydrogen-bond acceptors (Lipinski definition) is 4. The van der Waals surface area contributed by atoms with Gasteiger partial charge in [-0.2, -0.15) is 0 Å². The van der Waals surface area contributed by atoms with Crippen molar-refractivity contribution in [3.05, 3.63) is 59.8 Å². The lowest BCUT2D eigenvalue weighted by atomic mass is 9.92.